The van der Waals surface area contributed by atoms with Gasteiger partial charge in [0.25, 0.3) is 0 Å². The Kier molecular flexibility index (Phi) is 9.35. The second-order valence-corrected chi connectivity index (χ2v) is 6.88. The lowest BCUT2D eigenvalue weighted by Gasteiger charge is -2.23. The van der Waals surface area contributed by atoms with Crippen LogP contribution in [0.4, 0.5) is 0 Å². The maximum atomic E-state index is 5.16. The quantitative estimate of drug-likeness (QED) is 0.416. The molecule has 0 aliphatic rings. The maximum absolute atomic E-state index is 5.16. The van der Waals surface area contributed by atoms with Crippen LogP contribution in [0.3, 0.4) is 0 Å². The van der Waals surface area contributed by atoms with Gasteiger partial charge in [-0.25, -0.2) is 0 Å². The van der Waals surface area contributed by atoms with Crippen molar-refractivity contribution in [2.75, 3.05) is 26.4 Å². The van der Waals surface area contributed by atoms with Crippen molar-refractivity contribution in [3.63, 3.8) is 0 Å². The Balaban J connectivity index is 0.00000400. The van der Waals surface area contributed by atoms with Crippen LogP contribution in [0.15, 0.2) is 9.52 Å². The van der Waals surface area contributed by atoms with Gasteiger partial charge in [-0.15, -0.1) is 24.0 Å². The average molecular weight is 426 g/mol. The molecule has 0 saturated carbocycles. The zero-order valence-electron chi connectivity index (χ0n) is 13.7. The molecule has 0 atom stereocenters. The predicted octanol–water partition coefficient (Wildman–Crippen LogP) is 2.76. The zero-order valence-corrected chi connectivity index (χ0v) is 16.9. The van der Waals surface area contributed by atoms with Crippen LogP contribution in [-0.4, -0.2) is 42.3 Å². The van der Waals surface area contributed by atoms with E-state index >= 15 is 0 Å². The van der Waals surface area contributed by atoms with Crippen LogP contribution < -0.4 is 10.6 Å². The fourth-order valence-corrected chi connectivity index (χ4v) is 1.97. The largest absolute Gasteiger partial charge is 0.361 e. The van der Waals surface area contributed by atoms with Crippen molar-refractivity contribution in [3.05, 3.63) is 17.0 Å². The number of thioether (sulfide) groups is 1. The lowest BCUT2D eigenvalue weighted by molar-refractivity contribution is 0.392. The lowest BCUT2D eigenvalue weighted by atomic mass is 10.1. The third-order valence-electron chi connectivity index (χ3n) is 3.31. The Hall–Kier alpha value is -0.440. The van der Waals surface area contributed by atoms with E-state index in [1.807, 2.05) is 25.6 Å². The minimum absolute atomic E-state index is 0. The first-order valence-electron chi connectivity index (χ1n) is 6.81. The summed E-state index contributed by atoms with van der Waals surface area (Å²) in [7, 11) is 1.79. The molecule has 0 radical (unpaired) electrons. The van der Waals surface area contributed by atoms with Crippen molar-refractivity contribution in [3.8, 4) is 0 Å². The van der Waals surface area contributed by atoms with E-state index in [2.05, 4.69) is 40.9 Å². The molecule has 0 amide bonds. The molecular weight excluding hydrogens is 399 g/mol. The van der Waals surface area contributed by atoms with Gasteiger partial charge >= 0.3 is 0 Å². The summed E-state index contributed by atoms with van der Waals surface area (Å²) in [6.45, 7) is 10.0. The number of rotatable bonds is 6. The molecule has 21 heavy (non-hydrogen) atoms. The second kappa shape index (κ2) is 9.55. The highest BCUT2D eigenvalue weighted by Crippen LogP contribution is 2.19. The van der Waals surface area contributed by atoms with Crippen molar-refractivity contribution in [1.29, 1.82) is 0 Å². The fourth-order valence-electron chi connectivity index (χ4n) is 1.75. The normalized spacial score (nSPS) is 12.0. The maximum Gasteiger partial charge on any atom is 0.191 e. The van der Waals surface area contributed by atoms with E-state index in [1.165, 1.54) is 5.56 Å². The topological polar surface area (TPSA) is 62.5 Å². The van der Waals surface area contributed by atoms with Crippen LogP contribution in [0.1, 0.15) is 30.9 Å². The second-order valence-electron chi connectivity index (χ2n) is 5.37. The molecule has 0 aromatic carbocycles. The summed E-state index contributed by atoms with van der Waals surface area (Å²) in [5.74, 6) is 1.73. The summed E-state index contributed by atoms with van der Waals surface area (Å²) in [6.07, 6.45) is 3.00. The molecule has 0 spiro atoms. The van der Waals surface area contributed by atoms with Gasteiger partial charge in [0.05, 0.1) is 5.69 Å². The van der Waals surface area contributed by atoms with Gasteiger partial charge in [-0.2, -0.15) is 11.8 Å². The summed E-state index contributed by atoms with van der Waals surface area (Å²) in [4.78, 5) is 4.24. The molecule has 1 aromatic rings. The molecule has 0 unspecified atom stereocenters. The number of hydrogen-bond donors (Lipinski definition) is 2. The van der Waals surface area contributed by atoms with Crippen LogP contribution in [0, 0.1) is 13.8 Å². The van der Waals surface area contributed by atoms with Crippen molar-refractivity contribution >= 4 is 41.7 Å². The van der Waals surface area contributed by atoms with Crippen LogP contribution in [0.25, 0.3) is 0 Å². The predicted molar refractivity (Wildman–Crippen MR) is 102 cm³/mol. The van der Waals surface area contributed by atoms with Crippen LogP contribution in [0.5, 0.6) is 0 Å². The molecule has 7 heteroatoms. The first-order chi connectivity index (χ1) is 9.39. The van der Waals surface area contributed by atoms with E-state index in [0.29, 0.717) is 0 Å². The number of nitrogens with zero attached hydrogens (tertiary/aromatic N) is 2. The molecule has 0 aliphatic heterocycles. The molecule has 0 saturated heterocycles. The fraction of sp³-hybridized carbons (Fsp3) is 0.714. The molecule has 2 N–H and O–H groups in total. The van der Waals surface area contributed by atoms with Crippen LogP contribution in [-0.2, 0) is 6.42 Å². The highest BCUT2D eigenvalue weighted by Gasteiger charge is 2.16. The number of guanidine groups is 1. The number of nitrogens with one attached hydrogen (secondary N) is 2. The third-order valence-corrected chi connectivity index (χ3v) is 4.56. The first-order valence-corrected chi connectivity index (χ1v) is 8.03. The molecule has 1 rings (SSSR count). The molecule has 5 nitrogen and oxygen atoms in total. The molecular formula is C14H27IN4OS. The van der Waals surface area contributed by atoms with E-state index in [9.17, 15) is 0 Å². The molecule has 122 valence electrons. The lowest BCUT2D eigenvalue weighted by Crippen LogP contribution is -2.43. The standard InChI is InChI=1S/C14H26N4OS.HI/c1-10-12(11(2)19-18-10)7-8-16-13(15-5)17-9-14(3,4)20-6;/h7-9H2,1-6H3,(H2,15,16,17);1H. The van der Waals surface area contributed by atoms with Gasteiger partial charge < -0.3 is 15.2 Å². The van der Waals surface area contributed by atoms with Gasteiger partial charge in [0, 0.05) is 30.4 Å². The molecule has 1 aromatic heterocycles. The van der Waals surface area contributed by atoms with E-state index in [-0.39, 0.29) is 28.7 Å². The van der Waals surface area contributed by atoms with Crippen LogP contribution >= 0.6 is 35.7 Å². The minimum Gasteiger partial charge on any atom is -0.361 e. The highest BCUT2D eigenvalue weighted by molar-refractivity contribution is 14.0. The van der Waals surface area contributed by atoms with Crippen molar-refractivity contribution < 1.29 is 4.52 Å². The Bertz CT molecular complexity index is 440. The van der Waals surface area contributed by atoms with Gasteiger partial charge in [0.15, 0.2) is 5.96 Å². The minimum atomic E-state index is 0. The number of aliphatic imine (C=N–C) groups is 1. The SMILES string of the molecule is CN=C(NCCc1c(C)noc1C)NCC(C)(C)SC.I. The van der Waals surface area contributed by atoms with E-state index in [0.717, 1.165) is 36.9 Å². The third kappa shape index (κ3) is 6.90. The monoisotopic (exact) mass is 426 g/mol. The Labute approximate surface area is 149 Å². The number of aryl methyl sites for hydroxylation is 2. The first kappa shape index (κ1) is 20.6. The van der Waals surface area contributed by atoms with Crippen molar-refractivity contribution in [1.82, 2.24) is 15.8 Å². The van der Waals surface area contributed by atoms with Gasteiger partial charge in [0.2, 0.25) is 0 Å². The molecule has 1 heterocycles. The van der Waals surface area contributed by atoms with E-state index in [4.69, 9.17) is 4.52 Å². The number of halogens is 1. The van der Waals surface area contributed by atoms with E-state index in [1.54, 1.807) is 7.05 Å². The van der Waals surface area contributed by atoms with Gasteiger partial charge in [0.1, 0.15) is 5.76 Å². The number of hydrogen-bond acceptors (Lipinski definition) is 4. The number of aromatic nitrogens is 1. The van der Waals surface area contributed by atoms with Crippen molar-refractivity contribution in [2.45, 2.75) is 38.9 Å². The Morgan fingerprint density at radius 1 is 1.33 bits per heavy atom. The summed E-state index contributed by atoms with van der Waals surface area (Å²) < 4.78 is 5.35. The Morgan fingerprint density at radius 2 is 2.00 bits per heavy atom. The summed E-state index contributed by atoms with van der Waals surface area (Å²) in [5.41, 5.74) is 2.15. The van der Waals surface area contributed by atoms with Gasteiger partial charge in [-0.1, -0.05) is 5.16 Å². The summed E-state index contributed by atoms with van der Waals surface area (Å²) in [5, 5.41) is 10.6. The highest BCUT2D eigenvalue weighted by atomic mass is 127. The molecule has 0 bridgehead atoms. The molecule has 0 fully saturated rings. The van der Waals surface area contributed by atoms with Crippen LogP contribution in [0.2, 0.25) is 0 Å². The van der Waals surface area contributed by atoms with Crippen molar-refractivity contribution in [2.24, 2.45) is 4.99 Å². The zero-order chi connectivity index (χ0) is 15.2. The Morgan fingerprint density at radius 3 is 2.48 bits per heavy atom. The summed E-state index contributed by atoms with van der Waals surface area (Å²) >= 11 is 1.84. The van der Waals surface area contributed by atoms with Gasteiger partial charge in [-0.3, -0.25) is 4.99 Å². The average Bonchev–Trinajstić information content (AvgIpc) is 2.74. The molecule has 0 aliphatic carbocycles. The smallest absolute Gasteiger partial charge is 0.191 e. The van der Waals surface area contributed by atoms with E-state index < -0.39 is 0 Å². The van der Waals surface area contributed by atoms with Gasteiger partial charge in [-0.05, 0) is 40.4 Å². The summed E-state index contributed by atoms with van der Waals surface area (Å²) in [6, 6.07) is 0.